The molecule has 1 aromatic rings. The number of carboxylic acid groups (broad SMARTS) is 1. The van der Waals surface area contributed by atoms with Crippen molar-refractivity contribution in [2.75, 3.05) is 13.7 Å². The standard InChI is InChI=1S/C13H15NO5/c1-14-11(16)7-19-10(12(14)13(17)18)6-8-2-4-9(15)5-3-8/h2-5,10,12,15H,6-7H2,1H3,(H,17,18). The quantitative estimate of drug-likeness (QED) is 0.817. The fourth-order valence-electron chi connectivity index (χ4n) is 2.14. The van der Waals surface area contributed by atoms with Crippen molar-refractivity contribution in [3.05, 3.63) is 29.8 Å². The third kappa shape index (κ3) is 2.85. The maximum atomic E-state index is 11.5. The van der Waals surface area contributed by atoms with E-state index in [-0.39, 0.29) is 18.3 Å². The van der Waals surface area contributed by atoms with Gasteiger partial charge in [0.15, 0.2) is 6.04 Å². The van der Waals surface area contributed by atoms with Crippen LogP contribution in [0.5, 0.6) is 5.75 Å². The number of nitrogens with zero attached hydrogens (tertiary/aromatic N) is 1. The SMILES string of the molecule is CN1C(=O)COC(Cc2ccc(O)cc2)C1C(=O)O. The van der Waals surface area contributed by atoms with E-state index >= 15 is 0 Å². The molecule has 0 radical (unpaired) electrons. The Labute approximate surface area is 110 Å². The average molecular weight is 265 g/mol. The van der Waals surface area contributed by atoms with Crippen molar-refractivity contribution in [3.63, 3.8) is 0 Å². The molecule has 0 aromatic heterocycles. The lowest BCUT2D eigenvalue weighted by Crippen LogP contribution is -2.57. The lowest BCUT2D eigenvalue weighted by atomic mass is 9.99. The van der Waals surface area contributed by atoms with Gasteiger partial charge in [-0.3, -0.25) is 4.79 Å². The molecule has 1 heterocycles. The number of hydrogen-bond acceptors (Lipinski definition) is 4. The number of morpholine rings is 1. The number of benzene rings is 1. The number of amides is 1. The number of phenolic OH excluding ortho intramolecular Hbond substituents is 1. The summed E-state index contributed by atoms with van der Waals surface area (Å²) >= 11 is 0. The summed E-state index contributed by atoms with van der Waals surface area (Å²) in [5.41, 5.74) is 0.844. The number of rotatable bonds is 3. The minimum atomic E-state index is -1.08. The third-order valence-electron chi connectivity index (χ3n) is 3.21. The van der Waals surface area contributed by atoms with Gasteiger partial charge in [0, 0.05) is 13.5 Å². The first-order chi connectivity index (χ1) is 8.99. The van der Waals surface area contributed by atoms with E-state index in [0.717, 1.165) is 5.56 Å². The summed E-state index contributed by atoms with van der Waals surface area (Å²) < 4.78 is 5.33. The zero-order chi connectivity index (χ0) is 14.0. The van der Waals surface area contributed by atoms with Crippen LogP contribution in [0.4, 0.5) is 0 Å². The van der Waals surface area contributed by atoms with Crippen LogP contribution in [-0.2, 0) is 20.7 Å². The maximum absolute atomic E-state index is 11.5. The molecule has 1 fully saturated rings. The summed E-state index contributed by atoms with van der Waals surface area (Å²) in [4.78, 5) is 23.9. The van der Waals surface area contributed by atoms with Crippen molar-refractivity contribution in [3.8, 4) is 5.75 Å². The molecule has 0 bridgehead atoms. The molecule has 0 saturated carbocycles. The predicted molar refractivity (Wildman–Crippen MR) is 65.7 cm³/mol. The number of carbonyl (C=O) groups is 2. The van der Waals surface area contributed by atoms with Gasteiger partial charge in [0.1, 0.15) is 12.4 Å². The van der Waals surface area contributed by atoms with Gasteiger partial charge >= 0.3 is 5.97 Å². The van der Waals surface area contributed by atoms with E-state index in [1.165, 1.54) is 24.1 Å². The first-order valence-corrected chi connectivity index (χ1v) is 5.87. The number of carboxylic acids is 1. The molecule has 1 aliphatic rings. The number of aliphatic carboxylic acids is 1. The minimum Gasteiger partial charge on any atom is -0.508 e. The van der Waals surface area contributed by atoms with Gasteiger partial charge in [0.05, 0.1) is 6.10 Å². The smallest absolute Gasteiger partial charge is 0.329 e. The van der Waals surface area contributed by atoms with Crippen molar-refractivity contribution in [1.29, 1.82) is 0 Å². The molecule has 0 aliphatic carbocycles. The summed E-state index contributed by atoms with van der Waals surface area (Å²) in [6.07, 6.45) is -0.223. The van der Waals surface area contributed by atoms with Gasteiger partial charge in [0.25, 0.3) is 0 Å². The predicted octanol–water partition coefficient (Wildman–Crippen LogP) is 0.245. The van der Waals surface area contributed by atoms with E-state index in [4.69, 9.17) is 4.74 Å². The molecule has 2 unspecified atom stereocenters. The molecular formula is C13H15NO5. The van der Waals surface area contributed by atoms with Crippen LogP contribution in [0.2, 0.25) is 0 Å². The van der Waals surface area contributed by atoms with Crippen LogP contribution in [0.15, 0.2) is 24.3 Å². The number of phenols is 1. The topological polar surface area (TPSA) is 87.1 Å². The minimum absolute atomic E-state index is 0.108. The Balaban J connectivity index is 2.15. The Kier molecular flexibility index (Phi) is 3.71. The van der Waals surface area contributed by atoms with Gasteiger partial charge in [-0.15, -0.1) is 0 Å². The molecule has 1 saturated heterocycles. The van der Waals surface area contributed by atoms with E-state index in [1.807, 2.05) is 0 Å². The van der Waals surface area contributed by atoms with Crippen LogP contribution < -0.4 is 0 Å². The van der Waals surface area contributed by atoms with Crippen molar-refractivity contribution in [2.24, 2.45) is 0 Å². The molecular weight excluding hydrogens is 250 g/mol. The number of likely N-dealkylation sites (N-methyl/N-ethyl adjacent to an activating group) is 1. The zero-order valence-corrected chi connectivity index (χ0v) is 10.4. The fourth-order valence-corrected chi connectivity index (χ4v) is 2.14. The van der Waals surface area contributed by atoms with Gasteiger partial charge in [-0.2, -0.15) is 0 Å². The van der Waals surface area contributed by atoms with E-state index in [0.29, 0.717) is 6.42 Å². The summed E-state index contributed by atoms with van der Waals surface area (Å²) in [5.74, 6) is -1.27. The van der Waals surface area contributed by atoms with E-state index in [9.17, 15) is 19.8 Å². The number of carbonyl (C=O) groups excluding carboxylic acids is 1. The Morgan fingerprint density at radius 1 is 1.42 bits per heavy atom. The van der Waals surface area contributed by atoms with Crippen LogP contribution in [-0.4, -0.2) is 52.8 Å². The van der Waals surface area contributed by atoms with Gasteiger partial charge in [-0.25, -0.2) is 4.79 Å². The zero-order valence-electron chi connectivity index (χ0n) is 10.4. The van der Waals surface area contributed by atoms with Crippen LogP contribution in [0.25, 0.3) is 0 Å². The molecule has 102 valence electrons. The highest BCUT2D eigenvalue weighted by Crippen LogP contribution is 2.19. The molecule has 2 rings (SSSR count). The number of aromatic hydroxyl groups is 1. The fraction of sp³-hybridized carbons (Fsp3) is 0.385. The average Bonchev–Trinajstić information content (AvgIpc) is 2.36. The second kappa shape index (κ2) is 5.27. The van der Waals surface area contributed by atoms with Gasteiger partial charge in [-0.1, -0.05) is 12.1 Å². The molecule has 1 aliphatic heterocycles. The number of ether oxygens (including phenoxy) is 1. The molecule has 0 spiro atoms. The Hall–Kier alpha value is -2.08. The van der Waals surface area contributed by atoms with Crippen molar-refractivity contribution >= 4 is 11.9 Å². The third-order valence-corrected chi connectivity index (χ3v) is 3.21. The van der Waals surface area contributed by atoms with Crippen LogP contribution in [0, 0.1) is 0 Å². The molecule has 1 aromatic carbocycles. The van der Waals surface area contributed by atoms with Crippen molar-refractivity contribution in [2.45, 2.75) is 18.6 Å². The van der Waals surface area contributed by atoms with E-state index < -0.39 is 18.1 Å². The lowest BCUT2D eigenvalue weighted by molar-refractivity contribution is -0.169. The molecule has 2 atom stereocenters. The van der Waals surface area contributed by atoms with Crippen molar-refractivity contribution < 1.29 is 24.5 Å². The van der Waals surface area contributed by atoms with Gasteiger partial charge in [-0.05, 0) is 17.7 Å². The highest BCUT2D eigenvalue weighted by Gasteiger charge is 2.39. The van der Waals surface area contributed by atoms with Crippen LogP contribution >= 0.6 is 0 Å². The monoisotopic (exact) mass is 265 g/mol. The summed E-state index contributed by atoms with van der Waals surface area (Å²) in [6.45, 7) is -0.108. The molecule has 19 heavy (non-hydrogen) atoms. The highest BCUT2D eigenvalue weighted by molar-refractivity contribution is 5.85. The normalized spacial score (nSPS) is 23.4. The molecule has 6 heteroatoms. The summed E-state index contributed by atoms with van der Waals surface area (Å²) in [7, 11) is 1.47. The lowest BCUT2D eigenvalue weighted by Gasteiger charge is -2.36. The molecule has 6 nitrogen and oxygen atoms in total. The molecule has 1 amide bonds. The van der Waals surface area contributed by atoms with Gasteiger partial charge in [0.2, 0.25) is 5.91 Å². The first-order valence-electron chi connectivity index (χ1n) is 5.87. The van der Waals surface area contributed by atoms with Crippen LogP contribution in [0.1, 0.15) is 5.56 Å². The summed E-state index contributed by atoms with van der Waals surface area (Å²) in [6, 6.07) is 5.48. The van der Waals surface area contributed by atoms with Gasteiger partial charge < -0.3 is 19.8 Å². The Morgan fingerprint density at radius 2 is 2.05 bits per heavy atom. The molecule has 2 N–H and O–H groups in total. The summed E-state index contributed by atoms with van der Waals surface area (Å²) in [5, 5.41) is 18.4. The number of hydrogen-bond donors (Lipinski definition) is 2. The second-order valence-electron chi connectivity index (χ2n) is 4.51. The largest absolute Gasteiger partial charge is 0.508 e. The first kappa shape index (κ1) is 13.4. The van der Waals surface area contributed by atoms with E-state index in [1.54, 1.807) is 12.1 Å². The Bertz CT molecular complexity index is 484. The Morgan fingerprint density at radius 3 is 2.63 bits per heavy atom. The highest BCUT2D eigenvalue weighted by atomic mass is 16.5. The van der Waals surface area contributed by atoms with E-state index in [2.05, 4.69) is 0 Å². The second-order valence-corrected chi connectivity index (χ2v) is 4.51. The van der Waals surface area contributed by atoms with Crippen LogP contribution in [0.3, 0.4) is 0 Å². The maximum Gasteiger partial charge on any atom is 0.329 e. The van der Waals surface area contributed by atoms with Crippen molar-refractivity contribution in [1.82, 2.24) is 4.90 Å².